The van der Waals surface area contributed by atoms with Crippen LogP contribution in [-0.4, -0.2) is 43.9 Å². The summed E-state index contributed by atoms with van der Waals surface area (Å²) < 4.78 is 22.7. The molecule has 0 spiro atoms. The Kier molecular flexibility index (Phi) is 8.87. The third-order valence-corrected chi connectivity index (χ3v) is 6.99. The summed E-state index contributed by atoms with van der Waals surface area (Å²) in [5.74, 6) is 0.112. The number of nitrogens with one attached hydrogen (secondary N) is 1. The summed E-state index contributed by atoms with van der Waals surface area (Å²) in [7, 11) is -1.94. The van der Waals surface area contributed by atoms with Gasteiger partial charge in [0.1, 0.15) is 11.6 Å². The number of hydrogen-bond donors (Lipinski definition) is 2. The minimum absolute atomic E-state index is 0.116. The summed E-state index contributed by atoms with van der Waals surface area (Å²) in [6, 6.07) is 17.2. The van der Waals surface area contributed by atoms with Crippen molar-refractivity contribution in [2.24, 2.45) is 0 Å². The fourth-order valence-electron chi connectivity index (χ4n) is 5.13. The molecule has 12 heteroatoms. The highest BCUT2D eigenvalue weighted by atomic mass is 16.6. The second-order valence-corrected chi connectivity index (χ2v) is 10.5. The molecule has 0 aliphatic carbocycles. The second-order valence-electron chi connectivity index (χ2n) is 10.5. The normalized spacial score (nSPS) is 14.7. The van der Waals surface area contributed by atoms with E-state index in [1.807, 2.05) is 54.6 Å². The molecule has 208 valence electrons. The zero-order chi connectivity index (χ0) is 29.1. The fraction of sp³-hybridized carbons (Fsp3) is 0.276. The van der Waals surface area contributed by atoms with Crippen LogP contribution in [0.2, 0.25) is 0 Å². The molecule has 3 aliphatic heterocycles. The summed E-state index contributed by atoms with van der Waals surface area (Å²) in [4.78, 5) is 33.6. The van der Waals surface area contributed by atoms with Crippen molar-refractivity contribution in [3.8, 4) is 0 Å². The SMILES string of the molecule is CC(=O)Cc1ccc2c(c1)B(O)OC2.CC(=O)Cc1ccc2c(c1)B(OB1OCc3ccc(NC(C)=O)cc31)OC2. The smallest absolute Gasteiger partial charge is 0.443 e. The zero-order valence-corrected chi connectivity index (χ0v) is 23.3. The number of fused-ring (bicyclic) bond motifs is 3. The maximum absolute atomic E-state index is 11.4. The number of hydrogen-bond acceptors (Lipinski definition) is 8. The largest absolute Gasteiger partial charge is 0.491 e. The van der Waals surface area contributed by atoms with Gasteiger partial charge in [0, 0.05) is 25.5 Å². The van der Waals surface area contributed by atoms with E-state index in [2.05, 4.69) is 5.32 Å². The molecule has 1 amide bonds. The standard InChI is InChI=1S/C19H19B2NO5.C10H11BO3/c1-12(23)7-14-3-4-15-10-25-20(18(15)8-14)27-21-19-9-17(22-13(2)24)6-5-16(19)11-26-21;1-7(12)4-8-2-3-9-6-14-11(13)10(9)5-8/h3-6,8-9H,7,10-11H2,1-2H3,(H,22,24);2-3,5,13H,4,6H2,1H3. The minimum atomic E-state index is -0.822. The lowest BCUT2D eigenvalue weighted by Crippen LogP contribution is -2.44. The van der Waals surface area contributed by atoms with Crippen molar-refractivity contribution in [1.29, 1.82) is 0 Å². The van der Waals surface area contributed by atoms with Gasteiger partial charge in [-0.25, -0.2) is 0 Å². The Morgan fingerprint density at radius 3 is 1.78 bits per heavy atom. The minimum Gasteiger partial charge on any atom is -0.443 e. The van der Waals surface area contributed by atoms with Crippen LogP contribution >= 0.6 is 0 Å². The van der Waals surface area contributed by atoms with E-state index in [1.165, 1.54) is 6.92 Å². The molecule has 0 unspecified atom stereocenters. The molecule has 0 fully saturated rings. The first-order valence-electron chi connectivity index (χ1n) is 13.5. The van der Waals surface area contributed by atoms with Crippen molar-refractivity contribution in [2.45, 2.75) is 53.4 Å². The third-order valence-electron chi connectivity index (χ3n) is 6.99. The van der Waals surface area contributed by atoms with E-state index in [9.17, 15) is 19.4 Å². The van der Waals surface area contributed by atoms with Gasteiger partial charge in [-0.2, -0.15) is 0 Å². The lowest BCUT2D eigenvalue weighted by Gasteiger charge is -2.14. The average Bonchev–Trinajstić information content (AvgIpc) is 3.61. The number of rotatable bonds is 7. The highest BCUT2D eigenvalue weighted by Crippen LogP contribution is 2.20. The molecule has 0 saturated carbocycles. The van der Waals surface area contributed by atoms with Gasteiger partial charge in [-0.15, -0.1) is 0 Å². The van der Waals surface area contributed by atoms with Crippen LogP contribution in [0.25, 0.3) is 0 Å². The Hall–Kier alpha value is -3.54. The summed E-state index contributed by atoms with van der Waals surface area (Å²) in [6.07, 6.45) is 0.808. The maximum Gasteiger partial charge on any atom is 0.491 e. The molecular weight excluding hydrogens is 523 g/mol. The van der Waals surface area contributed by atoms with Gasteiger partial charge in [0.15, 0.2) is 0 Å². The number of Topliss-reactive ketones (excluding diaryl/α,β-unsaturated/α-hetero) is 2. The molecular formula is C29H30B3NO8. The lowest BCUT2D eigenvalue weighted by molar-refractivity contribution is -0.117. The number of anilines is 1. The third kappa shape index (κ3) is 7.04. The Bertz CT molecular complexity index is 1420. The molecule has 3 heterocycles. The fourth-order valence-corrected chi connectivity index (χ4v) is 5.13. The summed E-state index contributed by atoms with van der Waals surface area (Å²) in [6.45, 7) is 5.97. The quantitative estimate of drug-likeness (QED) is 0.416. The van der Waals surface area contributed by atoms with E-state index in [4.69, 9.17) is 18.5 Å². The molecule has 0 saturated heterocycles. The summed E-state index contributed by atoms with van der Waals surface area (Å²) >= 11 is 0. The van der Waals surface area contributed by atoms with Crippen molar-refractivity contribution < 1.29 is 37.9 Å². The van der Waals surface area contributed by atoms with Gasteiger partial charge in [0.05, 0.1) is 19.8 Å². The Morgan fingerprint density at radius 1 is 0.732 bits per heavy atom. The van der Waals surface area contributed by atoms with E-state index in [0.717, 1.165) is 44.2 Å². The number of carbonyl (C=O) groups is 3. The first-order chi connectivity index (χ1) is 19.7. The Morgan fingerprint density at radius 2 is 1.22 bits per heavy atom. The summed E-state index contributed by atoms with van der Waals surface area (Å²) in [5.41, 5.74) is 8.28. The molecule has 0 atom stereocenters. The van der Waals surface area contributed by atoms with Gasteiger partial charge in [-0.1, -0.05) is 42.5 Å². The molecule has 3 aromatic rings. The lowest BCUT2D eigenvalue weighted by atomic mass is 9.70. The van der Waals surface area contributed by atoms with Crippen molar-refractivity contribution in [1.82, 2.24) is 0 Å². The van der Waals surface area contributed by atoms with Gasteiger partial charge in [0.25, 0.3) is 0 Å². The van der Waals surface area contributed by atoms with Crippen LogP contribution in [0.5, 0.6) is 0 Å². The topological polar surface area (TPSA) is 120 Å². The maximum atomic E-state index is 11.4. The van der Waals surface area contributed by atoms with Crippen LogP contribution in [0.3, 0.4) is 0 Å². The molecule has 3 aliphatic rings. The van der Waals surface area contributed by atoms with Crippen LogP contribution in [0.4, 0.5) is 5.69 Å². The molecule has 0 aromatic heterocycles. The van der Waals surface area contributed by atoms with Gasteiger partial charge < -0.3 is 28.9 Å². The Balaban J connectivity index is 0.000000202. The van der Waals surface area contributed by atoms with Crippen LogP contribution < -0.4 is 21.7 Å². The molecule has 2 N–H and O–H groups in total. The molecule has 9 nitrogen and oxygen atoms in total. The van der Waals surface area contributed by atoms with Crippen LogP contribution in [-0.2, 0) is 65.6 Å². The van der Waals surface area contributed by atoms with Crippen molar-refractivity contribution in [3.63, 3.8) is 0 Å². The molecule has 3 aromatic carbocycles. The van der Waals surface area contributed by atoms with E-state index in [0.29, 0.717) is 38.3 Å². The number of benzene rings is 3. The van der Waals surface area contributed by atoms with Gasteiger partial charge in [0.2, 0.25) is 5.91 Å². The number of ketones is 2. The van der Waals surface area contributed by atoms with Crippen molar-refractivity contribution in [2.75, 3.05) is 5.32 Å². The van der Waals surface area contributed by atoms with Crippen LogP contribution in [0, 0.1) is 0 Å². The number of amides is 1. The van der Waals surface area contributed by atoms with E-state index in [-0.39, 0.29) is 17.5 Å². The predicted molar refractivity (Wildman–Crippen MR) is 156 cm³/mol. The number of carbonyl (C=O) groups excluding carboxylic acids is 3. The van der Waals surface area contributed by atoms with Crippen LogP contribution in [0.1, 0.15) is 48.6 Å². The average molecular weight is 553 g/mol. The van der Waals surface area contributed by atoms with E-state index >= 15 is 0 Å². The summed E-state index contributed by atoms with van der Waals surface area (Å²) in [5, 5.41) is 12.2. The second kappa shape index (κ2) is 12.5. The molecule has 6 rings (SSSR count). The monoisotopic (exact) mass is 553 g/mol. The first-order valence-corrected chi connectivity index (χ1v) is 13.5. The van der Waals surface area contributed by atoms with Gasteiger partial charge in [-0.3, -0.25) is 14.4 Å². The van der Waals surface area contributed by atoms with Crippen LogP contribution in [0.15, 0.2) is 54.6 Å². The van der Waals surface area contributed by atoms with Crippen molar-refractivity contribution in [3.05, 3.63) is 82.4 Å². The molecule has 0 radical (unpaired) electrons. The highest BCUT2D eigenvalue weighted by molar-refractivity contribution is 6.75. The van der Waals surface area contributed by atoms with E-state index in [1.54, 1.807) is 13.8 Å². The first kappa shape index (κ1) is 29.0. The highest BCUT2D eigenvalue weighted by Gasteiger charge is 2.39. The predicted octanol–water partition coefficient (Wildman–Crippen LogP) is 0.980. The van der Waals surface area contributed by atoms with Crippen molar-refractivity contribution >= 4 is 60.9 Å². The molecule has 0 bridgehead atoms. The van der Waals surface area contributed by atoms with E-state index < -0.39 is 21.4 Å². The zero-order valence-electron chi connectivity index (χ0n) is 23.3. The van der Waals surface area contributed by atoms with Gasteiger partial charge >= 0.3 is 21.4 Å². The molecule has 41 heavy (non-hydrogen) atoms. The Labute approximate surface area is 240 Å². The van der Waals surface area contributed by atoms with Gasteiger partial charge in [-0.05, 0) is 70.2 Å².